The maximum atomic E-state index is 14.0. The molecule has 1 atom stereocenters. The van der Waals surface area contributed by atoms with Gasteiger partial charge in [0.1, 0.15) is 11.4 Å². The second kappa shape index (κ2) is 9.93. The number of benzene rings is 3. The second-order valence-electron chi connectivity index (χ2n) is 8.27. The Morgan fingerprint density at radius 3 is 2.26 bits per heavy atom. The van der Waals surface area contributed by atoms with Gasteiger partial charge in [-0.1, -0.05) is 29.8 Å². The summed E-state index contributed by atoms with van der Waals surface area (Å²) in [5.74, 6) is 1.03. The van der Waals surface area contributed by atoms with Crippen LogP contribution in [0.15, 0.2) is 78.0 Å². The Kier molecular flexibility index (Phi) is 6.78. The Hall–Kier alpha value is -4.26. The van der Waals surface area contributed by atoms with Gasteiger partial charge in [0.15, 0.2) is 17.3 Å². The Morgan fingerprint density at radius 1 is 0.886 bits per heavy atom. The molecule has 3 aromatic rings. The Bertz CT molecular complexity index is 1300. The quantitative estimate of drug-likeness (QED) is 0.476. The van der Waals surface area contributed by atoms with E-state index in [1.54, 1.807) is 37.3 Å². The largest absolute Gasteiger partial charge is 0.497 e. The van der Waals surface area contributed by atoms with Crippen molar-refractivity contribution in [1.82, 2.24) is 4.90 Å². The first-order chi connectivity index (χ1) is 16.9. The first-order valence-corrected chi connectivity index (χ1v) is 11.1. The Labute approximate surface area is 204 Å². The van der Waals surface area contributed by atoms with Crippen molar-refractivity contribution in [2.45, 2.75) is 13.0 Å². The van der Waals surface area contributed by atoms with E-state index in [0.29, 0.717) is 28.4 Å². The van der Waals surface area contributed by atoms with Crippen molar-refractivity contribution in [3.05, 3.63) is 94.7 Å². The molecule has 1 aliphatic heterocycles. The van der Waals surface area contributed by atoms with Crippen LogP contribution in [0.25, 0.3) is 0 Å². The van der Waals surface area contributed by atoms with E-state index in [1.807, 2.05) is 55.5 Å². The SMILES string of the molecule is COc1cccc([C@H]2C(C(=O)c3ccc(OC)c(OC)c3)=C(Nc3ccc(C)cc3)C(=O)N2C)c1. The highest BCUT2D eigenvalue weighted by Crippen LogP contribution is 2.41. The summed E-state index contributed by atoms with van der Waals surface area (Å²) in [4.78, 5) is 29.0. The average Bonchev–Trinajstić information content (AvgIpc) is 3.14. The fourth-order valence-corrected chi connectivity index (χ4v) is 4.21. The highest BCUT2D eigenvalue weighted by Gasteiger charge is 2.42. The number of aryl methyl sites for hydroxylation is 1. The first-order valence-electron chi connectivity index (χ1n) is 11.1. The number of amides is 1. The Balaban J connectivity index is 1.87. The van der Waals surface area contributed by atoms with Crippen LogP contribution in [0.3, 0.4) is 0 Å². The van der Waals surface area contributed by atoms with Crippen LogP contribution in [-0.2, 0) is 4.79 Å². The topological polar surface area (TPSA) is 77.1 Å². The number of likely N-dealkylation sites (N-methyl/N-ethyl adjacent to an activating group) is 1. The fourth-order valence-electron chi connectivity index (χ4n) is 4.21. The summed E-state index contributed by atoms with van der Waals surface area (Å²) >= 11 is 0. The lowest BCUT2D eigenvalue weighted by Crippen LogP contribution is -2.27. The van der Waals surface area contributed by atoms with Gasteiger partial charge in [-0.15, -0.1) is 0 Å². The van der Waals surface area contributed by atoms with Crippen molar-refractivity contribution < 1.29 is 23.8 Å². The van der Waals surface area contributed by atoms with Crippen LogP contribution in [0.4, 0.5) is 5.69 Å². The predicted molar refractivity (Wildman–Crippen MR) is 134 cm³/mol. The standard InChI is InChI=1S/C28H28N2O5/c1-17-9-12-20(13-10-17)29-25-24(27(31)19-11-14-22(34-4)23(16-19)35-5)26(30(2)28(25)32)18-7-6-8-21(15-18)33-3/h6-16,26,29H,1-5H3/t26-/m0/s1. The fraction of sp³-hybridized carbons (Fsp3) is 0.214. The van der Waals surface area contributed by atoms with E-state index in [2.05, 4.69) is 5.32 Å². The molecule has 1 amide bonds. The lowest BCUT2D eigenvalue weighted by molar-refractivity contribution is -0.125. The molecule has 7 nitrogen and oxygen atoms in total. The number of nitrogens with one attached hydrogen (secondary N) is 1. The summed E-state index contributed by atoms with van der Waals surface area (Å²) in [5.41, 5.74) is 3.55. The van der Waals surface area contributed by atoms with E-state index >= 15 is 0 Å². The highest BCUT2D eigenvalue weighted by atomic mass is 16.5. The summed E-state index contributed by atoms with van der Waals surface area (Å²) in [5, 5.41) is 3.21. The normalized spacial score (nSPS) is 15.3. The van der Waals surface area contributed by atoms with Crippen LogP contribution in [0.2, 0.25) is 0 Å². The van der Waals surface area contributed by atoms with Gasteiger partial charge in [0.05, 0.1) is 32.9 Å². The summed E-state index contributed by atoms with van der Waals surface area (Å²) < 4.78 is 16.1. The van der Waals surface area contributed by atoms with Crippen molar-refractivity contribution in [2.24, 2.45) is 0 Å². The summed E-state index contributed by atoms with van der Waals surface area (Å²) in [6.45, 7) is 1.99. The Morgan fingerprint density at radius 2 is 1.60 bits per heavy atom. The third-order valence-corrected chi connectivity index (χ3v) is 6.09. The van der Waals surface area contributed by atoms with E-state index in [0.717, 1.165) is 16.8 Å². The molecule has 0 radical (unpaired) electrons. The lowest BCUT2D eigenvalue weighted by atomic mass is 9.92. The van der Waals surface area contributed by atoms with E-state index in [4.69, 9.17) is 14.2 Å². The van der Waals surface area contributed by atoms with Crippen molar-refractivity contribution in [3.8, 4) is 17.2 Å². The molecule has 1 N–H and O–H groups in total. The molecule has 0 saturated heterocycles. The number of carbonyl (C=O) groups excluding carboxylic acids is 2. The summed E-state index contributed by atoms with van der Waals surface area (Å²) in [6, 6.07) is 19.4. The number of rotatable bonds is 8. The number of anilines is 1. The van der Waals surface area contributed by atoms with Crippen molar-refractivity contribution in [3.63, 3.8) is 0 Å². The smallest absolute Gasteiger partial charge is 0.271 e. The third-order valence-electron chi connectivity index (χ3n) is 6.09. The van der Waals surface area contributed by atoms with Gasteiger partial charge in [-0.2, -0.15) is 0 Å². The third kappa shape index (κ3) is 4.57. The lowest BCUT2D eigenvalue weighted by Gasteiger charge is -2.23. The zero-order valence-corrected chi connectivity index (χ0v) is 20.4. The average molecular weight is 473 g/mol. The molecule has 1 aliphatic rings. The van der Waals surface area contributed by atoms with Gasteiger partial charge in [-0.25, -0.2) is 0 Å². The van der Waals surface area contributed by atoms with Crippen molar-refractivity contribution in [2.75, 3.05) is 33.7 Å². The van der Waals surface area contributed by atoms with E-state index < -0.39 is 6.04 Å². The predicted octanol–water partition coefficient (Wildman–Crippen LogP) is 4.78. The van der Waals surface area contributed by atoms with Crippen LogP contribution in [-0.4, -0.2) is 45.0 Å². The monoisotopic (exact) mass is 472 g/mol. The number of ether oxygens (including phenoxy) is 3. The molecule has 180 valence electrons. The van der Waals surface area contributed by atoms with Gasteiger partial charge in [-0.05, 0) is 55.0 Å². The molecule has 0 fully saturated rings. The van der Waals surface area contributed by atoms with E-state index in [9.17, 15) is 9.59 Å². The number of carbonyl (C=O) groups is 2. The molecule has 0 unspecified atom stereocenters. The molecule has 3 aromatic carbocycles. The molecule has 0 spiro atoms. The summed E-state index contributed by atoms with van der Waals surface area (Å²) in [6.07, 6.45) is 0. The molecule has 0 bridgehead atoms. The van der Waals surface area contributed by atoms with Gasteiger partial charge in [0, 0.05) is 18.3 Å². The van der Waals surface area contributed by atoms with Gasteiger partial charge in [0.2, 0.25) is 0 Å². The molecule has 0 aromatic heterocycles. The van der Waals surface area contributed by atoms with E-state index in [-0.39, 0.29) is 17.4 Å². The molecular weight excluding hydrogens is 444 g/mol. The van der Waals surface area contributed by atoms with Crippen LogP contribution >= 0.6 is 0 Å². The first kappa shape index (κ1) is 23.9. The second-order valence-corrected chi connectivity index (χ2v) is 8.27. The molecule has 7 heteroatoms. The number of methoxy groups -OCH3 is 3. The molecule has 4 rings (SSSR count). The minimum absolute atomic E-state index is 0.240. The van der Waals surface area contributed by atoms with Gasteiger partial charge >= 0.3 is 0 Å². The highest BCUT2D eigenvalue weighted by molar-refractivity contribution is 6.18. The van der Waals surface area contributed by atoms with E-state index in [1.165, 1.54) is 14.2 Å². The summed E-state index contributed by atoms with van der Waals surface area (Å²) in [7, 11) is 6.33. The zero-order valence-electron chi connectivity index (χ0n) is 20.4. The van der Waals surface area contributed by atoms with Gasteiger partial charge in [-0.3, -0.25) is 9.59 Å². The van der Waals surface area contributed by atoms with Crippen molar-refractivity contribution in [1.29, 1.82) is 0 Å². The zero-order chi connectivity index (χ0) is 25.1. The minimum atomic E-state index is -0.605. The number of nitrogens with zero attached hydrogens (tertiary/aromatic N) is 1. The molecular formula is C28H28N2O5. The van der Waals surface area contributed by atoms with Crippen molar-refractivity contribution >= 4 is 17.4 Å². The van der Waals surface area contributed by atoms with Crippen LogP contribution in [0.5, 0.6) is 17.2 Å². The van der Waals surface area contributed by atoms with Gasteiger partial charge < -0.3 is 24.4 Å². The number of hydrogen-bond acceptors (Lipinski definition) is 6. The molecule has 0 aliphatic carbocycles. The molecule has 35 heavy (non-hydrogen) atoms. The van der Waals surface area contributed by atoms with Crippen LogP contribution in [0.1, 0.15) is 27.5 Å². The van der Waals surface area contributed by atoms with Crippen LogP contribution < -0.4 is 19.5 Å². The number of hydrogen-bond donors (Lipinski definition) is 1. The molecule has 0 saturated carbocycles. The van der Waals surface area contributed by atoms with Gasteiger partial charge in [0.25, 0.3) is 5.91 Å². The maximum absolute atomic E-state index is 14.0. The number of Topliss-reactive ketones (excluding diaryl/α,β-unsaturated/α-hetero) is 1. The molecule has 1 heterocycles. The number of ketones is 1. The minimum Gasteiger partial charge on any atom is -0.497 e. The van der Waals surface area contributed by atoms with Crippen LogP contribution in [0, 0.1) is 6.92 Å². The maximum Gasteiger partial charge on any atom is 0.271 e.